The highest BCUT2D eigenvalue weighted by atomic mass is 15.1. The van der Waals surface area contributed by atoms with Crippen molar-refractivity contribution in [2.45, 2.75) is 40.0 Å². The number of hydrogen-bond acceptors (Lipinski definition) is 2. The maximum atomic E-state index is 3.44. The molecule has 0 amide bonds. The zero-order valence-electron chi connectivity index (χ0n) is 9.60. The van der Waals surface area contributed by atoms with Crippen LogP contribution in [-0.4, -0.2) is 37.6 Å². The third-order valence-corrected chi connectivity index (χ3v) is 2.11. The molecule has 13 heavy (non-hydrogen) atoms. The van der Waals surface area contributed by atoms with Crippen LogP contribution in [-0.2, 0) is 0 Å². The predicted molar refractivity (Wildman–Crippen MR) is 60.2 cm³/mol. The molecule has 0 bridgehead atoms. The van der Waals surface area contributed by atoms with Gasteiger partial charge in [-0.3, -0.25) is 0 Å². The molecular weight excluding hydrogens is 160 g/mol. The van der Waals surface area contributed by atoms with Crippen molar-refractivity contribution in [3.63, 3.8) is 0 Å². The fourth-order valence-electron chi connectivity index (χ4n) is 1.51. The summed E-state index contributed by atoms with van der Waals surface area (Å²) in [6.45, 7) is 12.7. The van der Waals surface area contributed by atoms with Crippen LogP contribution in [0, 0.1) is 0 Å². The van der Waals surface area contributed by atoms with Crippen molar-refractivity contribution >= 4 is 0 Å². The lowest BCUT2D eigenvalue weighted by molar-refractivity contribution is 0.274. The molecule has 0 saturated heterocycles. The van der Waals surface area contributed by atoms with Crippen molar-refractivity contribution in [2.75, 3.05) is 32.7 Å². The van der Waals surface area contributed by atoms with Gasteiger partial charge in [0, 0.05) is 13.1 Å². The third kappa shape index (κ3) is 8.26. The van der Waals surface area contributed by atoms with E-state index in [2.05, 4.69) is 31.0 Å². The Labute approximate surface area is 83.7 Å². The quantitative estimate of drug-likeness (QED) is 0.555. The molecule has 0 aromatic heterocycles. The largest absolute Gasteiger partial charge is 0.315 e. The number of nitrogens with zero attached hydrogens (tertiary/aromatic N) is 1. The van der Waals surface area contributed by atoms with E-state index in [4.69, 9.17) is 0 Å². The van der Waals surface area contributed by atoms with Gasteiger partial charge in [-0.1, -0.05) is 20.8 Å². The molecule has 0 aromatic rings. The minimum atomic E-state index is 1.15. The first-order valence-corrected chi connectivity index (χ1v) is 5.78. The van der Waals surface area contributed by atoms with E-state index in [9.17, 15) is 0 Å². The van der Waals surface area contributed by atoms with Crippen molar-refractivity contribution in [1.82, 2.24) is 10.2 Å². The van der Waals surface area contributed by atoms with Crippen LogP contribution in [0.2, 0.25) is 0 Å². The standard InChI is InChI=1S/C11H26N2/c1-4-7-12-8-11-13(9-5-2)10-6-3/h12H,4-11H2,1-3H3. The summed E-state index contributed by atoms with van der Waals surface area (Å²) in [6, 6.07) is 0. The van der Waals surface area contributed by atoms with Gasteiger partial charge in [-0.15, -0.1) is 0 Å². The minimum absolute atomic E-state index is 1.15. The molecule has 0 aromatic carbocycles. The Bertz CT molecular complexity index is 88.1. The SMILES string of the molecule is CCCNCCN(CCC)CCC. The van der Waals surface area contributed by atoms with E-state index in [1.54, 1.807) is 0 Å². The molecule has 0 radical (unpaired) electrons. The smallest absolute Gasteiger partial charge is 0.0107 e. The van der Waals surface area contributed by atoms with Gasteiger partial charge >= 0.3 is 0 Å². The van der Waals surface area contributed by atoms with Gasteiger partial charge in [-0.25, -0.2) is 0 Å². The van der Waals surface area contributed by atoms with Crippen LogP contribution in [0.5, 0.6) is 0 Å². The van der Waals surface area contributed by atoms with Crippen molar-refractivity contribution < 1.29 is 0 Å². The normalized spacial score (nSPS) is 11.1. The number of nitrogens with one attached hydrogen (secondary N) is 1. The van der Waals surface area contributed by atoms with E-state index in [-0.39, 0.29) is 0 Å². The molecule has 0 saturated carbocycles. The minimum Gasteiger partial charge on any atom is -0.315 e. The monoisotopic (exact) mass is 186 g/mol. The Morgan fingerprint density at radius 1 is 0.769 bits per heavy atom. The van der Waals surface area contributed by atoms with Gasteiger partial charge < -0.3 is 10.2 Å². The Balaban J connectivity index is 3.33. The van der Waals surface area contributed by atoms with Crippen molar-refractivity contribution in [1.29, 1.82) is 0 Å². The third-order valence-electron chi connectivity index (χ3n) is 2.11. The molecule has 0 heterocycles. The van der Waals surface area contributed by atoms with Gasteiger partial charge in [0.25, 0.3) is 0 Å². The van der Waals surface area contributed by atoms with Crippen LogP contribution in [0.3, 0.4) is 0 Å². The highest BCUT2D eigenvalue weighted by molar-refractivity contribution is 4.58. The molecule has 2 heteroatoms. The maximum absolute atomic E-state index is 3.44. The molecule has 0 fully saturated rings. The van der Waals surface area contributed by atoms with Gasteiger partial charge in [0.15, 0.2) is 0 Å². The lowest BCUT2D eigenvalue weighted by atomic mass is 10.3. The first-order chi connectivity index (χ1) is 6.35. The summed E-state index contributed by atoms with van der Waals surface area (Å²) in [4.78, 5) is 2.54. The second kappa shape index (κ2) is 10.0. The predicted octanol–water partition coefficient (Wildman–Crippen LogP) is 2.11. The molecule has 0 aliphatic rings. The molecule has 0 unspecified atom stereocenters. The fourth-order valence-corrected chi connectivity index (χ4v) is 1.51. The summed E-state index contributed by atoms with van der Waals surface area (Å²) in [7, 11) is 0. The topological polar surface area (TPSA) is 15.3 Å². The van der Waals surface area contributed by atoms with Gasteiger partial charge in [0.1, 0.15) is 0 Å². The van der Waals surface area contributed by atoms with E-state index < -0.39 is 0 Å². The summed E-state index contributed by atoms with van der Waals surface area (Å²) in [6.07, 6.45) is 3.78. The van der Waals surface area contributed by atoms with Gasteiger partial charge in [0.2, 0.25) is 0 Å². The number of hydrogen-bond donors (Lipinski definition) is 1. The summed E-state index contributed by atoms with van der Waals surface area (Å²) >= 11 is 0. The summed E-state index contributed by atoms with van der Waals surface area (Å²) in [5, 5.41) is 3.44. The van der Waals surface area contributed by atoms with Crippen LogP contribution < -0.4 is 5.32 Å². The Morgan fingerprint density at radius 2 is 1.38 bits per heavy atom. The molecule has 0 spiro atoms. The van der Waals surface area contributed by atoms with Gasteiger partial charge in [-0.05, 0) is 38.9 Å². The Hall–Kier alpha value is -0.0800. The molecule has 0 rings (SSSR count). The second-order valence-electron chi connectivity index (χ2n) is 3.59. The average Bonchev–Trinajstić information content (AvgIpc) is 2.13. The second-order valence-corrected chi connectivity index (χ2v) is 3.59. The highest BCUT2D eigenvalue weighted by Gasteiger charge is 2.00. The number of rotatable bonds is 9. The first-order valence-electron chi connectivity index (χ1n) is 5.78. The van der Waals surface area contributed by atoms with Crippen LogP contribution in [0.25, 0.3) is 0 Å². The molecule has 2 nitrogen and oxygen atoms in total. The lowest BCUT2D eigenvalue weighted by Gasteiger charge is -2.20. The first kappa shape index (κ1) is 12.9. The van der Waals surface area contributed by atoms with E-state index in [0.717, 1.165) is 13.1 Å². The fraction of sp³-hybridized carbons (Fsp3) is 1.00. The molecule has 0 aliphatic carbocycles. The van der Waals surface area contributed by atoms with E-state index in [1.165, 1.54) is 38.9 Å². The van der Waals surface area contributed by atoms with Crippen LogP contribution >= 0.6 is 0 Å². The molecular formula is C11H26N2. The lowest BCUT2D eigenvalue weighted by Crippen LogP contribution is -2.33. The van der Waals surface area contributed by atoms with E-state index in [1.807, 2.05) is 0 Å². The molecule has 1 N–H and O–H groups in total. The van der Waals surface area contributed by atoms with E-state index >= 15 is 0 Å². The van der Waals surface area contributed by atoms with Crippen molar-refractivity contribution in [2.24, 2.45) is 0 Å². The van der Waals surface area contributed by atoms with Crippen molar-refractivity contribution in [3.8, 4) is 0 Å². The van der Waals surface area contributed by atoms with Gasteiger partial charge in [0.05, 0.1) is 0 Å². The zero-order valence-corrected chi connectivity index (χ0v) is 9.60. The summed E-state index contributed by atoms with van der Waals surface area (Å²) < 4.78 is 0. The Kier molecular flexibility index (Phi) is 9.94. The highest BCUT2D eigenvalue weighted by Crippen LogP contribution is 1.92. The van der Waals surface area contributed by atoms with Crippen LogP contribution in [0.4, 0.5) is 0 Å². The summed E-state index contributed by atoms with van der Waals surface area (Å²) in [5.41, 5.74) is 0. The molecule has 0 atom stereocenters. The maximum Gasteiger partial charge on any atom is 0.0107 e. The Morgan fingerprint density at radius 3 is 1.85 bits per heavy atom. The average molecular weight is 186 g/mol. The van der Waals surface area contributed by atoms with Gasteiger partial charge in [-0.2, -0.15) is 0 Å². The molecule has 0 aliphatic heterocycles. The molecule has 80 valence electrons. The van der Waals surface area contributed by atoms with Crippen LogP contribution in [0.15, 0.2) is 0 Å². The summed E-state index contributed by atoms with van der Waals surface area (Å²) in [5.74, 6) is 0. The van der Waals surface area contributed by atoms with Crippen molar-refractivity contribution in [3.05, 3.63) is 0 Å². The van der Waals surface area contributed by atoms with Crippen LogP contribution in [0.1, 0.15) is 40.0 Å². The zero-order chi connectivity index (χ0) is 9.94. The van der Waals surface area contributed by atoms with E-state index in [0.29, 0.717) is 0 Å².